The third-order valence-electron chi connectivity index (χ3n) is 1.13. The molecule has 1 atom stereocenters. The second-order valence-corrected chi connectivity index (χ2v) is 3.50. The van der Waals surface area contributed by atoms with Gasteiger partial charge in [-0.25, -0.2) is 0 Å². The van der Waals surface area contributed by atoms with Crippen molar-refractivity contribution in [3.8, 4) is 0 Å². The van der Waals surface area contributed by atoms with Crippen LogP contribution in [-0.2, 0) is 0 Å². The Kier molecular flexibility index (Phi) is 3.86. The summed E-state index contributed by atoms with van der Waals surface area (Å²) < 4.78 is 0. The Morgan fingerprint density at radius 1 is 1.56 bits per heavy atom. The zero-order chi connectivity index (χ0) is 7.49. The number of rotatable bonds is 3. The van der Waals surface area contributed by atoms with Gasteiger partial charge < -0.3 is 5.11 Å². The van der Waals surface area contributed by atoms with Crippen LogP contribution in [0.4, 0.5) is 0 Å². The van der Waals surface area contributed by atoms with E-state index in [1.54, 1.807) is 13.8 Å². The Hall–Kier alpha value is 0.540. The molecule has 3 heteroatoms. The Labute approximate surface area is 66.0 Å². The SMILES string of the molecule is CC(C)(O)C(Cl)CCCl. The molecule has 56 valence electrons. The fourth-order valence-corrected chi connectivity index (χ4v) is 0.888. The Morgan fingerprint density at radius 3 is 2.11 bits per heavy atom. The lowest BCUT2D eigenvalue weighted by Gasteiger charge is -2.22. The van der Waals surface area contributed by atoms with Gasteiger partial charge in [-0.2, -0.15) is 0 Å². The van der Waals surface area contributed by atoms with E-state index in [9.17, 15) is 5.11 Å². The number of aliphatic hydroxyl groups is 1. The third kappa shape index (κ3) is 4.01. The number of hydrogen-bond acceptors (Lipinski definition) is 1. The van der Waals surface area contributed by atoms with Gasteiger partial charge in [-0.15, -0.1) is 23.2 Å². The normalized spacial score (nSPS) is 15.7. The van der Waals surface area contributed by atoms with Crippen LogP contribution in [-0.4, -0.2) is 22.0 Å². The van der Waals surface area contributed by atoms with Crippen molar-refractivity contribution >= 4 is 23.2 Å². The van der Waals surface area contributed by atoms with Crippen LogP contribution in [0.2, 0.25) is 0 Å². The second-order valence-electron chi connectivity index (χ2n) is 2.60. The predicted molar refractivity (Wildman–Crippen MR) is 41.3 cm³/mol. The van der Waals surface area contributed by atoms with E-state index in [1.807, 2.05) is 0 Å². The average Bonchev–Trinajstić information content (AvgIpc) is 1.64. The van der Waals surface area contributed by atoms with E-state index < -0.39 is 5.60 Å². The molecule has 0 aromatic carbocycles. The van der Waals surface area contributed by atoms with Gasteiger partial charge in [-0.05, 0) is 20.3 Å². The smallest absolute Gasteiger partial charge is 0.0755 e. The monoisotopic (exact) mass is 170 g/mol. The van der Waals surface area contributed by atoms with Crippen LogP contribution in [0.3, 0.4) is 0 Å². The first kappa shape index (κ1) is 9.54. The fourth-order valence-electron chi connectivity index (χ4n) is 0.449. The molecule has 0 heterocycles. The number of hydrogen-bond donors (Lipinski definition) is 1. The number of halogens is 2. The van der Waals surface area contributed by atoms with Gasteiger partial charge in [0.1, 0.15) is 0 Å². The molecular formula is C6H12Cl2O. The van der Waals surface area contributed by atoms with Crippen molar-refractivity contribution in [3.05, 3.63) is 0 Å². The molecule has 1 nitrogen and oxygen atoms in total. The first-order chi connectivity index (χ1) is 3.98. The van der Waals surface area contributed by atoms with E-state index in [1.165, 1.54) is 0 Å². The van der Waals surface area contributed by atoms with Crippen LogP contribution in [0.5, 0.6) is 0 Å². The largest absolute Gasteiger partial charge is 0.389 e. The van der Waals surface area contributed by atoms with Crippen molar-refractivity contribution in [1.29, 1.82) is 0 Å². The molecule has 0 radical (unpaired) electrons. The second kappa shape index (κ2) is 3.65. The van der Waals surface area contributed by atoms with E-state index in [-0.39, 0.29) is 5.38 Å². The first-order valence-electron chi connectivity index (χ1n) is 2.91. The fraction of sp³-hybridized carbons (Fsp3) is 1.00. The molecule has 0 aliphatic carbocycles. The maximum absolute atomic E-state index is 9.23. The highest BCUT2D eigenvalue weighted by Crippen LogP contribution is 2.18. The van der Waals surface area contributed by atoms with Gasteiger partial charge in [0.2, 0.25) is 0 Å². The van der Waals surface area contributed by atoms with Crippen LogP contribution in [0, 0.1) is 0 Å². The average molecular weight is 171 g/mol. The molecule has 0 aliphatic heterocycles. The highest BCUT2D eigenvalue weighted by Gasteiger charge is 2.23. The third-order valence-corrected chi connectivity index (χ3v) is 2.10. The minimum absolute atomic E-state index is 0.241. The molecule has 0 bridgehead atoms. The van der Waals surface area contributed by atoms with Crippen LogP contribution in [0.1, 0.15) is 20.3 Å². The standard InChI is InChI=1S/C6H12Cl2O/c1-6(2,9)5(8)3-4-7/h5,9H,3-4H2,1-2H3. The van der Waals surface area contributed by atoms with Crippen molar-refractivity contribution in [2.75, 3.05) is 5.88 Å². The predicted octanol–water partition coefficient (Wildman–Crippen LogP) is 1.99. The summed E-state index contributed by atoms with van der Waals surface area (Å²) in [5, 5.41) is 8.99. The van der Waals surface area contributed by atoms with Crippen molar-refractivity contribution in [2.24, 2.45) is 0 Å². The summed E-state index contributed by atoms with van der Waals surface area (Å²) >= 11 is 11.1. The van der Waals surface area contributed by atoms with Gasteiger partial charge >= 0.3 is 0 Å². The molecule has 0 saturated heterocycles. The van der Waals surface area contributed by atoms with Crippen molar-refractivity contribution in [3.63, 3.8) is 0 Å². The molecule has 0 saturated carbocycles. The Balaban J connectivity index is 3.59. The lowest BCUT2D eigenvalue weighted by molar-refractivity contribution is 0.0746. The van der Waals surface area contributed by atoms with Crippen molar-refractivity contribution in [2.45, 2.75) is 31.2 Å². The van der Waals surface area contributed by atoms with Gasteiger partial charge in [0, 0.05) is 5.88 Å². The van der Waals surface area contributed by atoms with Crippen molar-refractivity contribution < 1.29 is 5.11 Å². The summed E-state index contributed by atoms with van der Waals surface area (Å²) in [7, 11) is 0. The van der Waals surface area contributed by atoms with Gasteiger partial charge in [0.15, 0.2) is 0 Å². The molecule has 0 aliphatic rings. The van der Waals surface area contributed by atoms with Crippen molar-refractivity contribution in [1.82, 2.24) is 0 Å². The van der Waals surface area contributed by atoms with E-state index >= 15 is 0 Å². The highest BCUT2D eigenvalue weighted by molar-refractivity contribution is 6.22. The number of alkyl halides is 2. The molecule has 1 unspecified atom stereocenters. The maximum atomic E-state index is 9.23. The zero-order valence-corrected chi connectivity index (χ0v) is 7.21. The molecule has 0 fully saturated rings. The maximum Gasteiger partial charge on any atom is 0.0755 e. The first-order valence-corrected chi connectivity index (χ1v) is 3.88. The van der Waals surface area contributed by atoms with Gasteiger partial charge in [0.25, 0.3) is 0 Å². The molecule has 0 aromatic heterocycles. The van der Waals surface area contributed by atoms with E-state index in [2.05, 4.69) is 0 Å². The lowest BCUT2D eigenvalue weighted by Crippen LogP contribution is -2.31. The van der Waals surface area contributed by atoms with Gasteiger partial charge in [-0.3, -0.25) is 0 Å². The quantitative estimate of drug-likeness (QED) is 0.643. The molecule has 0 spiro atoms. The van der Waals surface area contributed by atoms with Gasteiger partial charge in [-0.1, -0.05) is 0 Å². The van der Waals surface area contributed by atoms with E-state index in [0.29, 0.717) is 12.3 Å². The zero-order valence-electron chi connectivity index (χ0n) is 5.69. The summed E-state index contributed by atoms with van der Waals surface area (Å²) in [4.78, 5) is 0. The molecular weight excluding hydrogens is 159 g/mol. The van der Waals surface area contributed by atoms with Gasteiger partial charge in [0.05, 0.1) is 11.0 Å². The van der Waals surface area contributed by atoms with Crippen LogP contribution in [0.15, 0.2) is 0 Å². The molecule has 0 aromatic rings. The Morgan fingerprint density at radius 2 is 2.00 bits per heavy atom. The van der Waals surface area contributed by atoms with E-state index in [0.717, 1.165) is 0 Å². The lowest BCUT2D eigenvalue weighted by atomic mass is 10.0. The summed E-state index contributed by atoms with van der Waals surface area (Å²) in [5.74, 6) is 0.498. The summed E-state index contributed by atoms with van der Waals surface area (Å²) in [6.07, 6.45) is 0.645. The molecule has 0 rings (SSSR count). The van der Waals surface area contributed by atoms with E-state index in [4.69, 9.17) is 23.2 Å². The van der Waals surface area contributed by atoms with Crippen LogP contribution < -0.4 is 0 Å². The summed E-state index contributed by atoms with van der Waals surface area (Å²) in [6, 6.07) is 0. The Bertz CT molecular complexity index is 77.6. The topological polar surface area (TPSA) is 20.2 Å². The molecule has 0 amide bonds. The summed E-state index contributed by atoms with van der Waals surface area (Å²) in [6.45, 7) is 3.36. The molecule has 1 N–H and O–H groups in total. The minimum atomic E-state index is -0.809. The van der Waals surface area contributed by atoms with Crippen LogP contribution in [0.25, 0.3) is 0 Å². The summed E-state index contributed by atoms with van der Waals surface area (Å²) in [5.41, 5.74) is -0.809. The molecule has 9 heavy (non-hydrogen) atoms. The highest BCUT2D eigenvalue weighted by atomic mass is 35.5. The minimum Gasteiger partial charge on any atom is -0.389 e. The van der Waals surface area contributed by atoms with Crippen LogP contribution >= 0.6 is 23.2 Å².